The predicted molar refractivity (Wildman–Crippen MR) is 232 cm³/mol. The van der Waals surface area contributed by atoms with Crippen molar-refractivity contribution in [2.45, 2.75) is 71.1 Å². The van der Waals surface area contributed by atoms with Crippen molar-refractivity contribution in [3.8, 4) is 23.0 Å². The third kappa shape index (κ3) is 10.7. The maximum absolute atomic E-state index is 6.80. The molecule has 0 fully saturated rings. The van der Waals surface area contributed by atoms with E-state index in [4.69, 9.17) is 100 Å². The van der Waals surface area contributed by atoms with Crippen molar-refractivity contribution in [2.75, 3.05) is 26.4 Å². The third-order valence-electron chi connectivity index (χ3n) is 9.34. The van der Waals surface area contributed by atoms with E-state index in [1.54, 1.807) is 12.2 Å². The van der Waals surface area contributed by atoms with Crippen LogP contribution in [0.1, 0.15) is 81.2 Å². The number of aryl methyl sites for hydroxylation is 1. The van der Waals surface area contributed by atoms with E-state index in [1.165, 1.54) is 0 Å². The molecule has 290 valence electrons. The topological polar surface area (TPSA) is 40.5 Å². The van der Waals surface area contributed by atoms with Crippen molar-refractivity contribution >= 4 is 81.2 Å². The Hall–Kier alpha value is -2.41. The van der Waals surface area contributed by atoms with E-state index in [-0.39, 0.29) is 0 Å². The zero-order valence-electron chi connectivity index (χ0n) is 31.2. The lowest BCUT2D eigenvalue weighted by atomic mass is 9.77. The number of aromatic hydroxyl groups is 1. The molecule has 0 saturated heterocycles. The third-order valence-corrected chi connectivity index (χ3v) is 11.3. The number of hydrogen-bond acceptors (Lipinski definition) is 3. The normalized spacial score (nSPS) is 11.7. The number of rotatable bonds is 19. The van der Waals surface area contributed by atoms with Gasteiger partial charge in [0.2, 0.25) is 0 Å². The van der Waals surface area contributed by atoms with Gasteiger partial charge < -0.3 is 18.9 Å². The second-order valence-electron chi connectivity index (χ2n) is 14.0. The van der Waals surface area contributed by atoms with E-state index in [9.17, 15) is 0 Å². The van der Waals surface area contributed by atoms with Crippen molar-refractivity contribution < 1.29 is 18.9 Å². The first-order valence-electron chi connectivity index (χ1n) is 17.6. The Morgan fingerprint density at radius 2 is 0.870 bits per heavy atom. The van der Waals surface area contributed by atoms with E-state index in [1.807, 2.05) is 49.4 Å². The Morgan fingerprint density at radius 1 is 0.519 bits per heavy atom. The molecule has 54 heavy (non-hydrogen) atoms. The van der Waals surface area contributed by atoms with Gasteiger partial charge in [0.05, 0.1) is 44.9 Å². The summed E-state index contributed by atoms with van der Waals surface area (Å²) in [6.45, 7) is 19.6. The van der Waals surface area contributed by atoms with Crippen molar-refractivity contribution in [1.29, 1.82) is 0 Å². The minimum atomic E-state index is -0.517. The molecule has 1 N–H and O–H groups in total. The molecule has 4 nitrogen and oxygen atoms in total. The van der Waals surface area contributed by atoms with Crippen LogP contribution in [0.4, 0.5) is 0 Å². The summed E-state index contributed by atoms with van der Waals surface area (Å²) >= 11 is 46.6. The number of unbranched alkanes of at least 4 members (excludes halogenated alkanes) is 1. The standard InChI is InChI=1S/C43H45Cl7O4/c1-8-10-14-52-39-32(45)20-28(21-33(39)46)42(4,5)27-18-26(3)38(31(44)19-27)51-16-12-13-17-54-41-36(49)24-30(25-37(41)50)43(6,7)29-22-34(47)40(35(48)23-29)53-15-11-9-2/h8-9,18-25H,1-2,10-17H2,3-7H3/p+1. The van der Waals surface area contributed by atoms with Gasteiger partial charge in [-0.2, -0.15) is 0 Å². The summed E-state index contributed by atoms with van der Waals surface area (Å²) in [4.78, 5) is 0. The Morgan fingerprint density at radius 3 is 1.26 bits per heavy atom. The highest BCUT2D eigenvalue weighted by Gasteiger charge is 2.30. The minimum absolute atomic E-state index is 0.431. The van der Waals surface area contributed by atoms with Gasteiger partial charge in [0.25, 0.3) is 5.75 Å². The SMILES string of the molecule is C=CCCOc1c(Cl)cc(C(C)(C)c2cc(C)c(OCCCC[OH+]c3c(Cl)cc(C(C)(C)c4cc(Cl)c(OCCC=C)c(Cl)c4)cc3Cl)c(Cl)c2)cc1Cl. The second kappa shape index (κ2) is 19.6. The molecule has 0 aromatic heterocycles. The maximum atomic E-state index is 6.80. The number of ether oxygens (including phenoxy) is 4. The van der Waals surface area contributed by atoms with E-state index in [2.05, 4.69) is 46.9 Å². The molecule has 0 aliphatic rings. The number of aliphatic hydroxyl groups is 1. The molecule has 0 aliphatic heterocycles. The summed E-state index contributed by atoms with van der Waals surface area (Å²) in [7, 11) is 0. The zero-order valence-corrected chi connectivity index (χ0v) is 36.5. The van der Waals surface area contributed by atoms with Crippen molar-refractivity contribution in [1.82, 2.24) is 0 Å². The Balaban J connectivity index is 1.35. The van der Waals surface area contributed by atoms with Gasteiger partial charge in [-0.25, -0.2) is 0 Å². The molecule has 0 aliphatic carbocycles. The molecule has 0 radical (unpaired) electrons. The summed E-state index contributed by atoms with van der Waals surface area (Å²) < 4.78 is 22.4. The summed E-state index contributed by atoms with van der Waals surface area (Å²) in [5, 5.41) is 3.23. The molecule has 0 heterocycles. The maximum Gasteiger partial charge on any atom is 0.292 e. The van der Waals surface area contributed by atoms with Gasteiger partial charge in [0.15, 0.2) is 18.1 Å². The lowest BCUT2D eigenvalue weighted by Gasteiger charge is -2.28. The summed E-state index contributed by atoms with van der Waals surface area (Å²) in [5.41, 5.74) is 3.68. The first-order valence-corrected chi connectivity index (χ1v) is 20.2. The smallest absolute Gasteiger partial charge is 0.292 e. The Kier molecular flexibility index (Phi) is 16.1. The molecule has 0 bridgehead atoms. The Bertz CT molecular complexity index is 1740. The number of halogens is 7. The molecule has 11 heteroatoms. The van der Waals surface area contributed by atoms with Crippen LogP contribution in [-0.2, 0) is 10.8 Å². The van der Waals surface area contributed by atoms with E-state index in [0.29, 0.717) is 97.4 Å². The lowest BCUT2D eigenvalue weighted by Crippen LogP contribution is -2.19. The van der Waals surface area contributed by atoms with Crippen LogP contribution in [-0.4, -0.2) is 31.2 Å². The zero-order chi connectivity index (χ0) is 39.8. The Labute approximate surface area is 355 Å². The van der Waals surface area contributed by atoms with Crippen molar-refractivity contribution in [2.24, 2.45) is 0 Å². The van der Waals surface area contributed by atoms with Gasteiger partial charge in [-0.05, 0) is 96.5 Å². The quantitative estimate of drug-likeness (QED) is 0.0535. The van der Waals surface area contributed by atoms with Crippen LogP contribution in [0, 0.1) is 6.92 Å². The van der Waals surface area contributed by atoms with E-state index < -0.39 is 10.8 Å². The van der Waals surface area contributed by atoms with Gasteiger partial charge in [-0.15, -0.1) is 13.2 Å². The molecule has 0 unspecified atom stereocenters. The molecule has 0 saturated carbocycles. The van der Waals surface area contributed by atoms with Crippen LogP contribution >= 0.6 is 81.2 Å². The fourth-order valence-electron chi connectivity index (χ4n) is 5.87. The first kappa shape index (κ1) is 44.3. The van der Waals surface area contributed by atoms with Crippen LogP contribution in [0.15, 0.2) is 73.8 Å². The van der Waals surface area contributed by atoms with Gasteiger partial charge in [-0.1, -0.05) is 127 Å². The fraction of sp³-hybridized carbons (Fsp3) is 0.349. The number of hydrogen-bond donors (Lipinski definition) is 0. The average molecular weight is 875 g/mol. The van der Waals surface area contributed by atoms with Crippen molar-refractivity contribution in [3.05, 3.63) is 137 Å². The second-order valence-corrected chi connectivity index (χ2v) is 16.8. The molecule has 4 aromatic rings. The summed E-state index contributed by atoms with van der Waals surface area (Å²) in [5.74, 6) is 2.12. The van der Waals surface area contributed by atoms with Gasteiger partial charge in [0.1, 0.15) is 15.8 Å². The molecule has 0 spiro atoms. The van der Waals surface area contributed by atoms with Crippen LogP contribution in [0.5, 0.6) is 23.0 Å². The van der Waals surface area contributed by atoms with Crippen LogP contribution in [0.25, 0.3) is 0 Å². The molecule has 0 atom stereocenters. The lowest BCUT2D eigenvalue weighted by molar-refractivity contribution is 0.0629. The predicted octanol–water partition coefficient (Wildman–Crippen LogP) is 15.2. The summed E-state index contributed by atoms with van der Waals surface area (Å²) in [6, 6.07) is 15.3. The average Bonchev–Trinajstić information content (AvgIpc) is 3.10. The largest absolute Gasteiger partial charge is 0.580 e. The molecule has 0 amide bonds. The van der Waals surface area contributed by atoms with Gasteiger partial charge in [-0.3, -0.25) is 0 Å². The van der Waals surface area contributed by atoms with Gasteiger partial charge >= 0.3 is 0 Å². The van der Waals surface area contributed by atoms with E-state index in [0.717, 1.165) is 40.7 Å². The van der Waals surface area contributed by atoms with Crippen LogP contribution in [0.2, 0.25) is 35.2 Å². The molecule has 4 aromatic carbocycles. The monoisotopic (exact) mass is 871 g/mol. The van der Waals surface area contributed by atoms with Crippen LogP contribution in [0.3, 0.4) is 0 Å². The highest BCUT2D eigenvalue weighted by atomic mass is 35.5. The van der Waals surface area contributed by atoms with Gasteiger partial charge in [0, 0.05) is 17.3 Å². The number of benzene rings is 4. The molecular formula is C43H46Cl7O4+. The van der Waals surface area contributed by atoms with Crippen molar-refractivity contribution in [3.63, 3.8) is 0 Å². The summed E-state index contributed by atoms with van der Waals surface area (Å²) in [6.07, 6.45) is 6.44. The van der Waals surface area contributed by atoms with E-state index >= 15 is 0 Å². The molecule has 4 rings (SSSR count). The highest BCUT2D eigenvalue weighted by Crippen LogP contribution is 2.45. The van der Waals surface area contributed by atoms with Crippen LogP contribution < -0.4 is 14.2 Å². The molecular weight excluding hydrogens is 829 g/mol. The highest BCUT2D eigenvalue weighted by molar-refractivity contribution is 6.38. The first-order chi connectivity index (χ1) is 25.5. The minimum Gasteiger partial charge on any atom is -0.580 e. The fourth-order valence-corrected chi connectivity index (χ4v) is 7.99.